The number of hydrogen-bond donors (Lipinski definition) is 4. The van der Waals surface area contributed by atoms with Crippen LogP contribution in [0, 0.1) is 0 Å². The van der Waals surface area contributed by atoms with Crippen molar-refractivity contribution in [2.24, 2.45) is 0 Å². The van der Waals surface area contributed by atoms with E-state index in [1.807, 2.05) is 0 Å². The molecule has 0 aliphatic heterocycles. The molecule has 0 aromatic heterocycles. The molecule has 0 bridgehead atoms. The number of esters is 3. The van der Waals surface area contributed by atoms with Crippen molar-refractivity contribution < 1.29 is 75.8 Å². The highest BCUT2D eigenvalue weighted by Gasteiger charge is 2.29. The minimum atomic E-state index is -4.94. The van der Waals surface area contributed by atoms with Crippen molar-refractivity contribution in [3.8, 4) is 0 Å². The van der Waals surface area contributed by atoms with Crippen molar-refractivity contribution in [3.05, 3.63) is 134 Å². The third-order valence-corrected chi connectivity index (χ3v) is 18.2. The fraction of sp³-hybridized carbons (Fsp3) is 0.699. The van der Waals surface area contributed by atoms with Gasteiger partial charge in [0, 0.05) is 19.3 Å². The molecule has 0 saturated carbocycles. The molecule has 0 saturated heterocycles. The lowest BCUT2D eigenvalue weighted by atomic mass is 10.0. The molecular formula is C83H142O16P2. The summed E-state index contributed by atoms with van der Waals surface area (Å²) >= 11 is 0. The van der Waals surface area contributed by atoms with Gasteiger partial charge in [-0.05, 0) is 135 Å². The monoisotopic (exact) mass is 1460 g/mol. The van der Waals surface area contributed by atoms with E-state index in [4.69, 9.17) is 32.3 Å². The minimum Gasteiger partial charge on any atom is -0.463 e. The van der Waals surface area contributed by atoms with Gasteiger partial charge in [-0.1, -0.05) is 296 Å². The highest BCUT2D eigenvalue weighted by molar-refractivity contribution is 7.47. The number of aliphatic hydroxyl groups excluding tert-OH is 2. The van der Waals surface area contributed by atoms with Crippen LogP contribution in [0.15, 0.2) is 134 Å². The third-order valence-electron chi connectivity index (χ3n) is 16.3. The Morgan fingerprint density at radius 1 is 0.287 bits per heavy atom. The smallest absolute Gasteiger partial charge is 0.463 e. The largest absolute Gasteiger partial charge is 0.472 e. The van der Waals surface area contributed by atoms with Crippen LogP contribution in [0.25, 0.3) is 0 Å². The fourth-order valence-corrected chi connectivity index (χ4v) is 12.0. The Morgan fingerprint density at radius 3 is 0.832 bits per heavy atom. The predicted molar refractivity (Wildman–Crippen MR) is 417 cm³/mol. The highest BCUT2D eigenvalue weighted by Crippen LogP contribution is 2.45. The molecule has 0 fully saturated rings. The number of hydrogen-bond acceptors (Lipinski definition) is 14. The molecule has 5 unspecified atom stereocenters. The van der Waals surface area contributed by atoms with Crippen molar-refractivity contribution in [1.29, 1.82) is 0 Å². The third kappa shape index (κ3) is 76.6. The van der Waals surface area contributed by atoms with Gasteiger partial charge < -0.3 is 34.2 Å². The molecule has 16 nitrogen and oxygen atoms in total. The molecule has 0 aromatic rings. The standard InChI is InChI=1S/C83H142O16P2/c1-4-7-10-13-16-19-22-25-28-31-33-34-35-36-37-38-39-40-41-42-44-47-48-51-54-57-60-63-66-69-81(86)93-72-78(84)73-95-100(89,90)96-74-79(85)75-97-101(91,92)98-77-80(99-83(88)71-68-65-62-59-56-53-50-45-30-27-24-21-18-15-12-9-6-3)76-94-82(87)70-67-64-61-58-55-52-49-46-43-32-29-26-23-20-17-14-11-8-5-2/h7,9-10,12,16-21,25-30,33-34,36-37,43,46,78-80,84-85H,4-6,8,11,13-15,22-24,31-32,35,38-42,44-45,47-77H2,1-3H3,(H,89,90)(H,91,92)/b10-7-,12-9-,19-16-,20-17-,21-18-,28-25-,29-26-,30-27-,34-33-,37-36-,46-43-. The number of unbranched alkanes of at least 4 members (excludes halogenated alkanes) is 29. The lowest BCUT2D eigenvalue weighted by Gasteiger charge is -2.21. The first kappa shape index (κ1) is 96.7. The number of phosphoric acid groups is 2. The van der Waals surface area contributed by atoms with Crippen molar-refractivity contribution in [2.75, 3.05) is 39.6 Å². The minimum absolute atomic E-state index is 0.0880. The Kier molecular flexibility index (Phi) is 72.2. The van der Waals surface area contributed by atoms with Gasteiger partial charge in [-0.2, -0.15) is 0 Å². The van der Waals surface area contributed by atoms with Gasteiger partial charge in [0.25, 0.3) is 0 Å². The zero-order chi connectivity index (χ0) is 73.7. The van der Waals surface area contributed by atoms with E-state index >= 15 is 0 Å². The van der Waals surface area contributed by atoms with Crippen LogP contribution >= 0.6 is 15.6 Å². The fourth-order valence-electron chi connectivity index (χ4n) is 10.4. The number of rotatable bonds is 74. The highest BCUT2D eigenvalue weighted by atomic mass is 31.2. The zero-order valence-electron chi connectivity index (χ0n) is 63.3. The molecule has 0 heterocycles. The van der Waals surface area contributed by atoms with Gasteiger partial charge in [-0.25, -0.2) is 9.13 Å². The molecule has 0 radical (unpaired) electrons. The topological polar surface area (TPSA) is 231 Å². The summed E-state index contributed by atoms with van der Waals surface area (Å²) < 4.78 is 61.2. The molecular weight excluding hydrogens is 1310 g/mol. The summed E-state index contributed by atoms with van der Waals surface area (Å²) in [6.45, 7) is 2.42. The quantitative estimate of drug-likeness (QED) is 0.0146. The summed E-state index contributed by atoms with van der Waals surface area (Å²) in [5.41, 5.74) is 0. The number of carbonyl (C=O) groups is 3. The first-order valence-corrected chi connectivity index (χ1v) is 42.5. The summed E-state index contributed by atoms with van der Waals surface area (Å²) in [6, 6.07) is 0. The van der Waals surface area contributed by atoms with E-state index in [0.29, 0.717) is 19.3 Å². The molecule has 5 atom stereocenters. The van der Waals surface area contributed by atoms with Gasteiger partial charge in [-0.15, -0.1) is 0 Å². The number of carbonyl (C=O) groups excluding carboxylic acids is 3. The van der Waals surface area contributed by atoms with Crippen LogP contribution in [0.3, 0.4) is 0 Å². The van der Waals surface area contributed by atoms with Crippen LogP contribution in [0.4, 0.5) is 0 Å². The normalized spacial score (nSPS) is 14.7. The van der Waals surface area contributed by atoms with Crippen LogP contribution in [-0.4, -0.2) is 95.9 Å². The molecule has 18 heteroatoms. The molecule has 4 N–H and O–H groups in total. The van der Waals surface area contributed by atoms with E-state index in [0.717, 1.165) is 180 Å². The van der Waals surface area contributed by atoms with Crippen LogP contribution in [0.2, 0.25) is 0 Å². The molecule has 0 aliphatic carbocycles. The number of phosphoric ester groups is 2. The van der Waals surface area contributed by atoms with Crippen molar-refractivity contribution in [2.45, 2.75) is 334 Å². The number of allylic oxidation sites excluding steroid dienone is 22. The summed E-state index contributed by atoms with van der Waals surface area (Å²) in [6.07, 6.45) is 90.6. The molecule has 580 valence electrons. The van der Waals surface area contributed by atoms with E-state index in [1.165, 1.54) is 77.0 Å². The maximum absolute atomic E-state index is 13.0. The van der Waals surface area contributed by atoms with E-state index in [-0.39, 0.29) is 19.3 Å². The molecule has 0 rings (SSSR count). The molecule has 101 heavy (non-hydrogen) atoms. The Bertz CT molecular complexity index is 2370. The van der Waals surface area contributed by atoms with Crippen LogP contribution in [0.5, 0.6) is 0 Å². The first-order chi connectivity index (χ1) is 49.2. The lowest BCUT2D eigenvalue weighted by molar-refractivity contribution is -0.161. The van der Waals surface area contributed by atoms with Gasteiger partial charge in [0.2, 0.25) is 0 Å². The summed E-state index contributed by atoms with van der Waals surface area (Å²) in [4.78, 5) is 58.7. The van der Waals surface area contributed by atoms with Gasteiger partial charge in [-0.3, -0.25) is 32.5 Å². The summed E-state index contributed by atoms with van der Waals surface area (Å²) in [7, 11) is -9.80. The maximum atomic E-state index is 13.0. The second-order valence-corrected chi connectivity index (χ2v) is 29.0. The average molecular weight is 1460 g/mol. The van der Waals surface area contributed by atoms with E-state index in [9.17, 15) is 43.5 Å². The number of aliphatic hydroxyl groups is 2. The predicted octanol–water partition coefficient (Wildman–Crippen LogP) is 23.1. The Balaban J connectivity index is 4.55. The van der Waals surface area contributed by atoms with Gasteiger partial charge in [0.05, 0.1) is 26.4 Å². The molecule has 0 aliphatic rings. The zero-order valence-corrected chi connectivity index (χ0v) is 65.1. The second kappa shape index (κ2) is 75.4. The van der Waals surface area contributed by atoms with Gasteiger partial charge in [0.1, 0.15) is 25.4 Å². The Hall–Kier alpha value is -4.31. The van der Waals surface area contributed by atoms with Crippen molar-refractivity contribution in [1.82, 2.24) is 0 Å². The van der Waals surface area contributed by atoms with Gasteiger partial charge >= 0.3 is 33.6 Å². The SMILES string of the molecule is CC/C=C\C/C=C\C/C=C\C/C=C\C/C=C\CCCCCCCCCCCCCCCC(=O)OCC(O)COP(=O)(O)OCC(O)COP(=O)(O)OCC(COC(=O)CCCCCCCC/C=C\C/C=C\C/C=C\CCCCC)OC(=O)CCCCCCCCC/C=C\C/C=C\C/C=C\CC. The van der Waals surface area contributed by atoms with E-state index < -0.39 is 91.5 Å². The van der Waals surface area contributed by atoms with E-state index in [2.05, 4.69) is 154 Å². The number of ether oxygens (including phenoxy) is 3. The lowest BCUT2D eigenvalue weighted by Crippen LogP contribution is -2.30. The Labute approximate surface area is 614 Å². The van der Waals surface area contributed by atoms with Crippen LogP contribution in [-0.2, 0) is 55.8 Å². The maximum Gasteiger partial charge on any atom is 0.472 e. The molecule has 0 amide bonds. The first-order valence-electron chi connectivity index (χ1n) is 39.5. The van der Waals surface area contributed by atoms with Crippen molar-refractivity contribution in [3.63, 3.8) is 0 Å². The summed E-state index contributed by atoms with van der Waals surface area (Å²) in [5, 5.41) is 20.6. The van der Waals surface area contributed by atoms with Crippen LogP contribution in [0.1, 0.15) is 316 Å². The summed E-state index contributed by atoms with van der Waals surface area (Å²) in [5.74, 6) is -1.60. The van der Waals surface area contributed by atoms with Crippen LogP contribution < -0.4 is 0 Å². The molecule has 0 aromatic carbocycles. The molecule has 0 spiro atoms. The Morgan fingerprint density at radius 2 is 0.525 bits per heavy atom. The average Bonchev–Trinajstić information content (AvgIpc) is 1.06. The van der Waals surface area contributed by atoms with E-state index in [1.54, 1.807) is 0 Å². The van der Waals surface area contributed by atoms with Crippen molar-refractivity contribution >= 4 is 33.6 Å². The second-order valence-electron chi connectivity index (χ2n) is 26.1. The van der Waals surface area contributed by atoms with Gasteiger partial charge in [0.15, 0.2) is 6.10 Å².